The molecule has 8 nitrogen and oxygen atoms in total. The Hall–Kier alpha value is -2.45. The summed E-state index contributed by atoms with van der Waals surface area (Å²) in [6, 6.07) is 1.97. The average molecular weight is 358 g/mol. The van der Waals surface area contributed by atoms with E-state index in [1.807, 2.05) is 6.07 Å². The topological polar surface area (TPSA) is 91.9 Å². The minimum absolute atomic E-state index is 0.155. The Labute approximate surface area is 151 Å². The van der Waals surface area contributed by atoms with Crippen LogP contribution < -0.4 is 4.74 Å². The standard InChI is InChI=1S/C18H22N4O4/c1-25-17-14-9-22(7-3-12(14)2-5-19-17)18(24)15-11-26-16(20-15)10-21-6-4-13(23)8-21/h2,5,11,13,23H,3-4,6-10H2,1H3/t13-/m0/s1. The van der Waals surface area contributed by atoms with Gasteiger partial charge in [0.05, 0.1) is 26.3 Å². The lowest BCUT2D eigenvalue weighted by atomic mass is 10.0. The van der Waals surface area contributed by atoms with Crippen LogP contribution in [0.2, 0.25) is 0 Å². The van der Waals surface area contributed by atoms with Gasteiger partial charge in [-0.3, -0.25) is 9.69 Å². The molecule has 0 aliphatic carbocycles. The second-order valence-corrected chi connectivity index (χ2v) is 6.74. The number of ether oxygens (including phenoxy) is 1. The summed E-state index contributed by atoms with van der Waals surface area (Å²) in [6.45, 7) is 3.00. The van der Waals surface area contributed by atoms with Gasteiger partial charge >= 0.3 is 0 Å². The molecule has 2 aromatic heterocycles. The molecular formula is C18H22N4O4. The number of carbonyl (C=O) groups excluding carboxylic acids is 1. The lowest BCUT2D eigenvalue weighted by Crippen LogP contribution is -2.36. The maximum absolute atomic E-state index is 12.8. The number of β-amino-alcohol motifs (C(OH)–C–C–N with tert-alkyl or cyclic N) is 1. The number of nitrogens with zero attached hydrogens (tertiary/aromatic N) is 4. The Bertz CT molecular complexity index is 792. The predicted molar refractivity (Wildman–Crippen MR) is 91.6 cm³/mol. The largest absolute Gasteiger partial charge is 0.481 e. The van der Waals surface area contributed by atoms with Gasteiger partial charge in [0.1, 0.15) is 6.26 Å². The number of hydrogen-bond acceptors (Lipinski definition) is 7. The van der Waals surface area contributed by atoms with Gasteiger partial charge in [-0.05, 0) is 24.5 Å². The number of aromatic nitrogens is 2. The quantitative estimate of drug-likeness (QED) is 0.866. The molecule has 1 fully saturated rings. The molecule has 1 amide bonds. The van der Waals surface area contributed by atoms with Crippen LogP contribution in [0.1, 0.15) is 33.9 Å². The van der Waals surface area contributed by atoms with Crippen molar-refractivity contribution in [3.05, 3.63) is 41.2 Å². The normalized spacial score (nSPS) is 20.2. The van der Waals surface area contributed by atoms with Crippen molar-refractivity contribution in [1.82, 2.24) is 19.8 Å². The number of aliphatic hydroxyl groups excluding tert-OH is 1. The highest BCUT2D eigenvalue weighted by Gasteiger charge is 2.27. The Balaban J connectivity index is 1.45. The monoisotopic (exact) mass is 358 g/mol. The molecule has 1 saturated heterocycles. The molecule has 0 bridgehead atoms. The number of rotatable bonds is 4. The number of amides is 1. The maximum atomic E-state index is 12.8. The minimum Gasteiger partial charge on any atom is -0.481 e. The Morgan fingerprint density at radius 1 is 1.46 bits per heavy atom. The first-order valence-corrected chi connectivity index (χ1v) is 8.79. The first-order valence-electron chi connectivity index (χ1n) is 8.79. The van der Waals surface area contributed by atoms with Crippen molar-refractivity contribution in [3.63, 3.8) is 0 Å². The van der Waals surface area contributed by atoms with Crippen LogP contribution >= 0.6 is 0 Å². The lowest BCUT2D eigenvalue weighted by molar-refractivity contribution is 0.0726. The molecule has 0 unspecified atom stereocenters. The van der Waals surface area contributed by atoms with E-state index in [9.17, 15) is 9.90 Å². The van der Waals surface area contributed by atoms with E-state index < -0.39 is 0 Å². The molecule has 2 aromatic rings. The second-order valence-electron chi connectivity index (χ2n) is 6.74. The fourth-order valence-electron chi connectivity index (χ4n) is 3.58. The summed E-state index contributed by atoms with van der Waals surface area (Å²) in [6.07, 6.45) is 4.38. The van der Waals surface area contributed by atoms with Crippen molar-refractivity contribution < 1.29 is 19.1 Å². The molecule has 0 radical (unpaired) electrons. The molecule has 0 aromatic carbocycles. The Morgan fingerprint density at radius 3 is 3.12 bits per heavy atom. The molecular weight excluding hydrogens is 336 g/mol. The number of fused-ring (bicyclic) bond motifs is 1. The van der Waals surface area contributed by atoms with Crippen molar-refractivity contribution in [2.24, 2.45) is 0 Å². The van der Waals surface area contributed by atoms with Crippen LogP contribution in [0.15, 0.2) is 22.9 Å². The number of carbonyl (C=O) groups is 1. The van der Waals surface area contributed by atoms with Crippen molar-refractivity contribution >= 4 is 5.91 Å². The van der Waals surface area contributed by atoms with E-state index in [-0.39, 0.29) is 12.0 Å². The molecule has 2 aliphatic heterocycles. The van der Waals surface area contributed by atoms with Gasteiger partial charge in [-0.25, -0.2) is 9.97 Å². The predicted octanol–water partition coefficient (Wildman–Crippen LogP) is 0.843. The zero-order chi connectivity index (χ0) is 18.1. The molecule has 0 spiro atoms. The molecule has 26 heavy (non-hydrogen) atoms. The highest BCUT2D eigenvalue weighted by Crippen LogP contribution is 2.26. The molecule has 2 aliphatic rings. The number of hydrogen-bond donors (Lipinski definition) is 1. The van der Waals surface area contributed by atoms with Crippen molar-refractivity contribution in [3.8, 4) is 5.88 Å². The Kier molecular flexibility index (Phi) is 4.60. The summed E-state index contributed by atoms with van der Waals surface area (Å²) < 4.78 is 10.8. The minimum atomic E-state index is -0.289. The summed E-state index contributed by atoms with van der Waals surface area (Å²) in [5, 5.41) is 9.60. The van der Waals surface area contributed by atoms with Gasteiger partial charge in [-0.15, -0.1) is 0 Å². The highest BCUT2D eigenvalue weighted by molar-refractivity contribution is 5.92. The fraction of sp³-hybridized carbons (Fsp3) is 0.500. The van der Waals surface area contributed by atoms with Crippen molar-refractivity contribution in [1.29, 1.82) is 0 Å². The average Bonchev–Trinajstić information content (AvgIpc) is 3.29. The van der Waals surface area contributed by atoms with Gasteiger partial charge in [0.25, 0.3) is 5.91 Å². The molecule has 4 heterocycles. The number of likely N-dealkylation sites (tertiary alicyclic amines) is 1. The number of oxazole rings is 1. The first-order chi connectivity index (χ1) is 12.6. The van der Waals surface area contributed by atoms with E-state index >= 15 is 0 Å². The lowest BCUT2D eigenvalue weighted by Gasteiger charge is -2.28. The second kappa shape index (κ2) is 7.05. The highest BCUT2D eigenvalue weighted by atomic mass is 16.5. The molecule has 8 heteroatoms. The van der Waals surface area contributed by atoms with Crippen LogP contribution in [0.4, 0.5) is 0 Å². The van der Waals surface area contributed by atoms with Crippen molar-refractivity contribution in [2.75, 3.05) is 26.7 Å². The van der Waals surface area contributed by atoms with Gasteiger partial charge < -0.3 is 19.2 Å². The summed E-state index contributed by atoms with van der Waals surface area (Å²) in [5.74, 6) is 0.908. The fourth-order valence-corrected chi connectivity index (χ4v) is 3.58. The van der Waals surface area contributed by atoms with Crippen molar-refractivity contribution in [2.45, 2.75) is 32.0 Å². The van der Waals surface area contributed by atoms with Crippen LogP contribution in [0.3, 0.4) is 0 Å². The molecule has 0 saturated carbocycles. The number of methoxy groups -OCH3 is 1. The van der Waals surface area contributed by atoms with E-state index in [1.165, 1.54) is 6.26 Å². The van der Waals surface area contributed by atoms with Crippen LogP contribution in [0.5, 0.6) is 5.88 Å². The third-order valence-corrected chi connectivity index (χ3v) is 4.97. The number of pyridine rings is 1. The zero-order valence-electron chi connectivity index (χ0n) is 14.7. The van der Waals surface area contributed by atoms with E-state index in [0.717, 1.165) is 30.5 Å². The third-order valence-electron chi connectivity index (χ3n) is 4.97. The van der Waals surface area contributed by atoms with E-state index in [4.69, 9.17) is 9.15 Å². The smallest absolute Gasteiger partial charge is 0.276 e. The van der Waals surface area contributed by atoms with Gasteiger partial charge in [-0.2, -0.15) is 0 Å². The summed E-state index contributed by atoms with van der Waals surface area (Å²) in [7, 11) is 1.59. The van der Waals surface area contributed by atoms with E-state index in [0.29, 0.717) is 43.6 Å². The van der Waals surface area contributed by atoms with Gasteiger partial charge in [0.2, 0.25) is 11.8 Å². The van der Waals surface area contributed by atoms with Crippen LogP contribution in [0, 0.1) is 0 Å². The molecule has 1 atom stereocenters. The Morgan fingerprint density at radius 2 is 2.35 bits per heavy atom. The summed E-state index contributed by atoms with van der Waals surface area (Å²) >= 11 is 0. The van der Waals surface area contributed by atoms with Crippen LogP contribution in [-0.4, -0.2) is 63.6 Å². The van der Waals surface area contributed by atoms with Gasteiger partial charge in [0, 0.05) is 31.4 Å². The van der Waals surface area contributed by atoms with Crippen LogP contribution in [-0.2, 0) is 19.5 Å². The van der Waals surface area contributed by atoms with Gasteiger partial charge in [0.15, 0.2) is 5.69 Å². The van der Waals surface area contributed by atoms with Gasteiger partial charge in [-0.1, -0.05) is 0 Å². The SMILES string of the molecule is COc1nccc2c1CN(C(=O)c1coc(CN3CC[C@H](O)C3)n1)CC2. The first kappa shape index (κ1) is 17.0. The van der Waals surface area contributed by atoms with E-state index in [1.54, 1.807) is 18.2 Å². The molecule has 138 valence electrons. The number of aliphatic hydroxyl groups is 1. The molecule has 4 rings (SSSR count). The summed E-state index contributed by atoms with van der Waals surface area (Å²) in [5.41, 5.74) is 2.42. The zero-order valence-corrected chi connectivity index (χ0v) is 14.7. The third kappa shape index (κ3) is 3.30. The van der Waals surface area contributed by atoms with E-state index in [2.05, 4.69) is 14.9 Å². The molecule has 1 N–H and O–H groups in total. The summed E-state index contributed by atoms with van der Waals surface area (Å²) in [4.78, 5) is 25.2. The van der Waals surface area contributed by atoms with Crippen LogP contribution in [0.25, 0.3) is 0 Å². The maximum Gasteiger partial charge on any atom is 0.276 e.